The van der Waals surface area contributed by atoms with Gasteiger partial charge in [0.25, 0.3) is 23.6 Å². The van der Waals surface area contributed by atoms with Gasteiger partial charge in [0.15, 0.2) is 0 Å². The van der Waals surface area contributed by atoms with Crippen molar-refractivity contribution in [3.63, 3.8) is 0 Å². The minimum atomic E-state index is -0.642. The number of hydrogen-bond donors (Lipinski definition) is 0. The van der Waals surface area contributed by atoms with Gasteiger partial charge in [0.05, 0.1) is 11.1 Å². The van der Waals surface area contributed by atoms with Gasteiger partial charge in [-0.1, -0.05) is 18.2 Å². The normalized spacial score (nSPS) is 16.8. The summed E-state index contributed by atoms with van der Waals surface area (Å²) >= 11 is 0. The van der Waals surface area contributed by atoms with Crippen LogP contribution in [0, 0.1) is 0 Å². The lowest BCUT2D eigenvalue weighted by molar-refractivity contribution is 0.0507. The zero-order valence-electron chi connectivity index (χ0n) is 18.6. The molecule has 2 aliphatic heterocycles. The summed E-state index contributed by atoms with van der Waals surface area (Å²) in [5.74, 6) is -0.941. The van der Waals surface area contributed by atoms with E-state index >= 15 is 0 Å². The first kappa shape index (κ1) is 21.7. The molecule has 0 spiro atoms. The minimum absolute atomic E-state index is 0.0381. The molecule has 0 saturated carbocycles. The average Bonchev–Trinajstić information content (AvgIpc) is 2.92. The van der Waals surface area contributed by atoms with Crippen molar-refractivity contribution in [3.8, 4) is 0 Å². The quantitative estimate of drug-likeness (QED) is 0.682. The zero-order chi connectivity index (χ0) is 23.0. The largest absolute Gasteiger partial charge is 0.337 e. The van der Waals surface area contributed by atoms with Gasteiger partial charge in [0.2, 0.25) is 0 Å². The molecule has 32 heavy (non-hydrogen) atoms. The Morgan fingerprint density at radius 1 is 0.719 bits per heavy atom. The Hall–Kier alpha value is -3.48. The number of benzene rings is 2. The van der Waals surface area contributed by atoms with Crippen LogP contribution >= 0.6 is 0 Å². The smallest absolute Gasteiger partial charge is 0.262 e. The lowest BCUT2D eigenvalue weighted by Gasteiger charge is -2.29. The third-order valence-electron chi connectivity index (χ3n) is 5.90. The van der Waals surface area contributed by atoms with Gasteiger partial charge in [-0.3, -0.25) is 24.1 Å². The van der Waals surface area contributed by atoms with E-state index in [-0.39, 0.29) is 29.2 Å². The van der Waals surface area contributed by atoms with Crippen molar-refractivity contribution in [2.75, 3.05) is 26.2 Å². The standard InChI is InChI=1S/C25H27N3O4/c1-25(2,3)28-23(31)19-11-10-18(16-20(19)24(28)32)22(30)27-13-7-12-26(14-15-27)21(29)17-8-5-4-6-9-17/h4-6,8-11,16H,7,12-15H2,1-3H3. The Morgan fingerprint density at radius 3 is 1.88 bits per heavy atom. The van der Waals surface area contributed by atoms with E-state index in [4.69, 9.17) is 0 Å². The van der Waals surface area contributed by atoms with E-state index in [2.05, 4.69) is 0 Å². The number of fused-ring (bicyclic) bond motifs is 1. The first-order valence-corrected chi connectivity index (χ1v) is 10.8. The fourth-order valence-electron chi connectivity index (χ4n) is 4.25. The van der Waals surface area contributed by atoms with Crippen LogP contribution in [0.4, 0.5) is 0 Å². The maximum Gasteiger partial charge on any atom is 0.262 e. The van der Waals surface area contributed by atoms with Crippen molar-refractivity contribution in [3.05, 3.63) is 70.8 Å². The number of carbonyl (C=O) groups excluding carboxylic acids is 4. The van der Waals surface area contributed by atoms with Crippen molar-refractivity contribution in [1.29, 1.82) is 0 Å². The van der Waals surface area contributed by atoms with Gasteiger partial charge in [-0.05, 0) is 57.5 Å². The molecule has 0 bridgehead atoms. The Labute approximate surface area is 187 Å². The Morgan fingerprint density at radius 2 is 1.28 bits per heavy atom. The Bertz CT molecular complexity index is 1090. The molecule has 7 heteroatoms. The van der Waals surface area contributed by atoms with Crippen LogP contribution in [0.15, 0.2) is 48.5 Å². The highest BCUT2D eigenvalue weighted by molar-refractivity contribution is 6.22. The molecule has 2 aliphatic rings. The van der Waals surface area contributed by atoms with Gasteiger partial charge in [0, 0.05) is 42.8 Å². The van der Waals surface area contributed by atoms with E-state index in [1.54, 1.807) is 54.8 Å². The molecule has 0 unspecified atom stereocenters. The average molecular weight is 434 g/mol. The number of imide groups is 1. The molecule has 0 aromatic heterocycles. The first-order chi connectivity index (χ1) is 15.2. The maximum absolute atomic E-state index is 13.2. The highest BCUT2D eigenvalue weighted by atomic mass is 16.2. The van der Waals surface area contributed by atoms with Crippen LogP contribution in [0.25, 0.3) is 0 Å². The van der Waals surface area contributed by atoms with Gasteiger partial charge < -0.3 is 9.80 Å². The van der Waals surface area contributed by atoms with Crippen LogP contribution in [0.2, 0.25) is 0 Å². The van der Waals surface area contributed by atoms with Gasteiger partial charge in [-0.2, -0.15) is 0 Å². The molecule has 0 atom stereocenters. The summed E-state index contributed by atoms with van der Waals surface area (Å²) < 4.78 is 0. The second kappa shape index (κ2) is 8.22. The fourth-order valence-corrected chi connectivity index (χ4v) is 4.25. The molecule has 1 fully saturated rings. The second-order valence-corrected chi connectivity index (χ2v) is 9.18. The number of nitrogens with zero attached hydrogens (tertiary/aromatic N) is 3. The summed E-state index contributed by atoms with van der Waals surface area (Å²) in [6, 6.07) is 13.8. The zero-order valence-corrected chi connectivity index (χ0v) is 18.6. The van der Waals surface area contributed by atoms with Crippen molar-refractivity contribution >= 4 is 23.6 Å². The number of amides is 4. The van der Waals surface area contributed by atoms with Crippen LogP contribution in [0.5, 0.6) is 0 Å². The van der Waals surface area contributed by atoms with Crippen LogP contribution < -0.4 is 0 Å². The molecule has 4 rings (SSSR count). The summed E-state index contributed by atoms with van der Waals surface area (Å²) in [4.78, 5) is 56.2. The van der Waals surface area contributed by atoms with E-state index in [0.717, 1.165) is 0 Å². The van der Waals surface area contributed by atoms with Gasteiger partial charge >= 0.3 is 0 Å². The molecule has 2 aromatic rings. The SMILES string of the molecule is CC(C)(C)N1C(=O)c2ccc(C(=O)N3CCCN(C(=O)c4ccccc4)CC3)cc2C1=O. The van der Waals surface area contributed by atoms with Crippen molar-refractivity contribution in [1.82, 2.24) is 14.7 Å². The third kappa shape index (κ3) is 3.90. The predicted octanol–water partition coefficient (Wildman–Crippen LogP) is 3.07. The highest BCUT2D eigenvalue weighted by Gasteiger charge is 2.42. The molecule has 1 saturated heterocycles. The van der Waals surface area contributed by atoms with E-state index in [1.807, 2.05) is 18.2 Å². The molecular formula is C25H27N3O4. The Balaban J connectivity index is 1.49. The molecule has 2 aromatic carbocycles. The monoisotopic (exact) mass is 433 g/mol. The van der Waals surface area contributed by atoms with Crippen molar-refractivity contribution in [2.24, 2.45) is 0 Å². The first-order valence-electron chi connectivity index (χ1n) is 10.8. The molecule has 2 heterocycles. The maximum atomic E-state index is 13.2. The van der Waals surface area contributed by atoms with E-state index in [9.17, 15) is 19.2 Å². The molecule has 166 valence electrons. The molecule has 0 aliphatic carbocycles. The predicted molar refractivity (Wildman–Crippen MR) is 120 cm³/mol. The van der Waals surface area contributed by atoms with Crippen molar-refractivity contribution in [2.45, 2.75) is 32.7 Å². The van der Waals surface area contributed by atoms with Crippen LogP contribution in [0.1, 0.15) is 68.6 Å². The highest BCUT2D eigenvalue weighted by Crippen LogP contribution is 2.30. The Kier molecular flexibility index (Phi) is 5.59. The summed E-state index contributed by atoms with van der Waals surface area (Å²) in [6.45, 7) is 7.38. The summed E-state index contributed by atoms with van der Waals surface area (Å²) in [7, 11) is 0. The number of hydrogen-bond acceptors (Lipinski definition) is 4. The van der Waals surface area contributed by atoms with E-state index in [1.165, 1.54) is 11.0 Å². The third-order valence-corrected chi connectivity index (χ3v) is 5.90. The lowest BCUT2D eigenvalue weighted by Crippen LogP contribution is -2.45. The summed E-state index contributed by atoms with van der Waals surface area (Å²) in [6.07, 6.45) is 0.671. The fraction of sp³-hybridized carbons (Fsp3) is 0.360. The van der Waals surface area contributed by atoms with Crippen LogP contribution in [-0.4, -0.2) is 70.0 Å². The minimum Gasteiger partial charge on any atom is -0.337 e. The lowest BCUT2D eigenvalue weighted by atomic mass is 10.0. The number of rotatable bonds is 2. The van der Waals surface area contributed by atoms with Crippen LogP contribution in [-0.2, 0) is 0 Å². The van der Waals surface area contributed by atoms with Gasteiger partial charge in [-0.15, -0.1) is 0 Å². The topological polar surface area (TPSA) is 78.0 Å². The van der Waals surface area contributed by atoms with Crippen molar-refractivity contribution < 1.29 is 19.2 Å². The van der Waals surface area contributed by atoms with Crippen LogP contribution in [0.3, 0.4) is 0 Å². The molecule has 0 N–H and O–H groups in total. The van der Waals surface area contributed by atoms with Gasteiger partial charge in [0.1, 0.15) is 0 Å². The molecule has 4 amide bonds. The second-order valence-electron chi connectivity index (χ2n) is 9.18. The van der Waals surface area contributed by atoms with E-state index in [0.29, 0.717) is 49.3 Å². The summed E-state index contributed by atoms with van der Waals surface area (Å²) in [5.41, 5.74) is 0.973. The van der Waals surface area contributed by atoms with Gasteiger partial charge in [-0.25, -0.2) is 0 Å². The molecular weight excluding hydrogens is 406 g/mol. The van der Waals surface area contributed by atoms with E-state index < -0.39 is 5.54 Å². The molecule has 7 nitrogen and oxygen atoms in total. The molecule has 0 radical (unpaired) electrons. The summed E-state index contributed by atoms with van der Waals surface area (Å²) in [5, 5.41) is 0. The number of carbonyl (C=O) groups is 4.